The Balaban J connectivity index is 1.98. The molecule has 0 spiro atoms. The van der Waals surface area contributed by atoms with Gasteiger partial charge in [0, 0.05) is 27.0 Å². The quantitative estimate of drug-likeness (QED) is 0.830. The Morgan fingerprint density at radius 3 is 2.88 bits per heavy atom. The van der Waals surface area contributed by atoms with E-state index in [-0.39, 0.29) is 0 Å². The Kier molecular flexibility index (Phi) is 4.62. The van der Waals surface area contributed by atoms with Gasteiger partial charge in [0.25, 0.3) is 0 Å². The van der Waals surface area contributed by atoms with Gasteiger partial charge in [0.1, 0.15) is 0 Å². The first-order valence-electron chi connectivity index (χ1n) is 5.37. The number of benzene rings is 1. The van der Waals surface area contributed by atoms with Gasteiger partial charge < -0.3 is 5.32 Å². The number of nitrogens with one attached hydrogen (secondary N) is 1. The largest absolute Gasteiger partial charge is 0.305 e. The highest BCUT2D eigenvalue weighted by molar-refractivity contribution is 9.10. The molecule has 17 heavy (non-hydrogen) atoms. The van der Waals surface area contributed by atoms with E-state index in [1.54, 1.807) is 11.3 Å². The number of rotatable bonds is 4. The van der Waals surface area contributed by atoms with Crippen molar-refractivity contribution < 1.29 is 0 Å². The van der Waals surface area contributed by atoms with E-state index in [2.05, 4.69) is 45.7 Å². The van der Waals surface area contributed by atoms with Crippen molar-refractivity contribution in [1.82, 2.24) is 5.32 Å². The molecule has 4 heteroatoms. The molecule has 0 radical (unpaired) electrons. The summed E-state index contributed by atoms with van der Waals surface area (Å²) in [7, 11) is 0. The van der Waals surface area contributed by atoms with Crippen LogP contribution in [0.2, 0.25) is 5.02 Å². The molecule has 0 saturated heterocycles. The van der Waals surface area contributed by atoms with Crippen molar-refractivity contribution in [3.05, 3.63) is 55.6 Å². The molecule has 0 aliphatic carbocycles. The first-order chi connectivity index (χ1) is 8.16. The lowest BCUT2D eigenvalue weighted by Gasteiger charge is -2.13. The van der Waals surface area contributed by atoms with E-state index in [1.807, 2.05) is 18.2 Å². The molecule has 2 aromatic rings. The molecule has 1 aromatic heterocycles. The lowest BCUT2D eigenvalue weighted by molar-refractivity contribution is 0.582. The molecule has 90 valence electrons. The minimum atomic E-state index is 0.373. The van der Waals surface area contributed by atoms with E-state index in [4.69, 9.17) is 11.6 Å². The van der Waals surface area contributed by atoms with Gasteiger partial charge in [-0.15, -0.1) is 11.3 Å². The van der Waals surface area contributed by atoms with E-state index in [0.717, 1.165) is 16.0 Å². The molecular formula is C13H13BrClNS. The van der Waals surface area contributed by atoms with Crippen LogP contribution in [0.5, 0.6) is 0 Å². The van der Waals surface area contributed by atoms with Crippen molar-refractivity contribution in [2.24, 2.45) is 0 Å². The number of hydrogen-bond donors (Lipinski definition) is 1. The lowest BCUT2D eigenvalue weighted by Crippen LogP contribution is -2.17. The average Bonchev–Trinajstić information content (AvgIpc) is 2.81. The summed E-state index contributed by atoms with van der Waals surface area (Å²) in [6.07, 6.45) is 0. The predicted molar refractivity (Wildman–Crippen MR) is 78.7 cm³/mol. The molecule has 0 saturated carbocycles. The summed E-state index contributed by atoms with van der Waals surface area (Å²) in [6, 6.07) is 10.5. The highest BCUT2D eigenvalue weighted by atomic mass is 79.9. The van der Waals surface area contributed by atoms with Crippen molar-refractivity contribution in [3.8, 4) is 0 Å². The van der Waals surface area contributed by atoms with Gasteiger partial charge in [-0.05, 0) is 36.1 Å². The van der Waals surface area contributed by atoms with E-state index in [9.17, 15) is 0 Å². The number of halogens is 2. The fraction of sp³-hybridized carbons (Fsp3) is 0.231. The van der Waals surface area contributed by atoms with Crippen LogP contribution in [0.4, 0.5) is 0 Å². The third-order valence-corrected chi connectivity index (χ3v) is 4.61. The zero-order valence-corrected chi connectivity index (χ0v) is 12.6. The molecule has 1 atom stereocenters. The van der Waals surface area contributed by atoms with Gasteiger partial charge >= 0.3 is 0 Å². The van der Waals surface area contributed by atoms with Gasteiger partial charge in [-0.3, -0.25) is 0 Å². The molecule has 0 unspecified atom stereocenters. The first kappa shape index (κ1) is 13.1. The number of hydrogen-bond acceptors (Lipinski definition) is 2. The van der Waals surface area contributed by atoms with Crippen molar-refractivity contribution >= 4 is 38.9 Å². The van der Waals surface area contributed by atoms with Crippen LogP contribution >= 0.6 is 38.9 Å². The van der Waals surface area contributed by atoms with Crippen LogP contribution in [0.25, 0.3) is 0 Å². The van der Waals surface area contributed by atoms with Crippen LogP contribution in [-0.2, 0) is 6.54 Å². The van der Waals surface area contributed by atoms with Crippen molar-refractivity contribution in [1.29, 1.82) is 0 Å². The Hall–Kier alpha value is -0.350. The highest BCUT2D eigenvalue weighted by Crippen LogP contribution is 2.23. The fourth-order valence-corrected chi connectivity index (χ4v) is 3.15. The molecule has 0 amide bonds. The van der Waals surface area contributed by atoms with Gasteiger partial charge in [0.05, 0.1) is 0 Å². The zero-order chi connectivity index (χ0) is 12.3. The molecule has 0 aliphatic heterocycles. The van der Waals surface area contributed by atoms with Crippen molar-refractivity contribution in [2.45, 2.75) is 19.5 Å². The lowest BCUT2D eigenvalue weighted by atomic mass is 10.2. The molecule has 1 N–H and O–H groups in total. The van der Waals surface area contributed by atoms with Crippen LogP contribution in [-0.4, -0.2) is 0 Å². The first-order valence-corrected chi connectivity index (χ1v) is 7.42. The third kappa shape index (κ3) is 3.55. The SMILES string of the molecule is C[C@H](NCc1ccc(Cl)cc1Br)c1cccs1. The Labute approximate surface area is 119 Å². The fourth-order valence-electron chi connectivity index (χ4n) is 1.57. The molecule has 0 fully saturated rings. The van der Waals surface area contributed by atoms with E-state index >= 15 is 0 Å². The normalized spacial score (nSPS) is 12.6. The Morgan fingerprint density at radius 2 is 2.24 bits per heavy atom. The van der Waals surface area contributed by atoms with Crippen molar-refractivity contribution in [3.63, 3.8) is 0 Å². The summed E-state index contributed by atoms with van der Waals surface area (Å²) in [6.45, 7) is 3.01. The molecule has 1 aromatic carbocycles. The second kappa shape index (κ2) is 6.01. The Bertz CT molecular complexity index is 484. The maximum absolute atomic E-state index is 5.91. The molecule has 0 aliphatic rings. The summed E-state index contributed by atoms with van der Waals surface area (Å²) in [5, 5.41) is 6.36. The van der Waals surface area contributed by atoms with Gasteiger partial charge in [0.15, 0.2) is 0 Å². The minimum absolute atomic E-state index is 0.373. The van der Waals surface area contributed by atoms with Crippen LogP contribution < -0.4 is 5.32 Å². The number of thiophene rings is 1. The van der Waals surface area contributed by atoms with Gasteiger partial charge in [-0.25, -0.2) is 0 Å². The highest BCUT2D eigenvalue weighted by Gasteiger charge is 2.07. The monoisotopic (exact) mass is 329 g/mol. The maximum atomic E-state index is 5.91. The van der Waals surface area contributed by atoms with Crippen molar-refractivity contribution in [2.75, 3.05) is 0 Å². The second-order valence-corrected chi connectivity index (χ2v) is 6.12. The van der Waals surface area contributed by atoms with Gasteiger partial charge in [-0.1, -0.05) is 39.7 Å². The standard InChI is InChI=1S/C13H13BrClNS/c1-9(13-3-2-6-17-13)16-8-10-4-5-11(15)7-12(10)14/h2-7,9,16H,8H2,1H3/t9-/m0/s1. The molecule has 2 rings (SSSR count). The molecule has 1 nitrogen and oxygen atoms in total. The molecule has 1 heterocycles. The Morgan fingerprint density at radius 1 is 1.41 bits per heavy atom. The van der Waals surface area contributed by atoms with Crippen LogP contribution in [0, 0.1) is 0 Å². The van der Waals surface area contributed by atoms with E-state index in [1.165, 1.54) is 10.4 Å². The van der Waals surface area contributed by atoms with Crippen LogP contribution in [0.1, 0.15) is 23.4 Å². The minimum Gasteiger partial charge on any atom is -0.305 e. The summed E-state index contributed by atoms with van der Waals surface area (Å²) >= 11 is 11.2. The zero-order valence-electron chi connectivity index (χ0n) is 9.41. The summed E-state index contributed by atoms with van der Waals surface area (Å²) in [4.78, 5) is 1.36. The van der Waals surface area contributed by atoms with Crippen LogP contribution in [0.3, 0.4) is 0 Å². The molecular weight excluding hydrogens is 318 g/mol. The second-order valence-electron chi connectivity index (χ2n) is 3.85. The smallest absolute Gasteiger partial charge is 0.0417 e. The average molecular weight is 331 g/mol. The van der Waals surface area contributed by atoms with Gasteiger partial charge in [-0.2, -0.15) is 0 Å². The summed E-state index contributed by atoms with van der Waals surface area (Å²) < 4.78 is 1.05. The maximum Gasteiger partial charge on any atom is 0.0417 e. The topological polar surface area (TPSA) is 12.0 Å². The summed E-state index contributed by atoms with van der Waals surface area (Å²) in [5.74, 6) is 0. The predicted octanol–water partition coefficient (Wildman–Crippen LogP) is 5.01. The van der Waals surface area contributed by atoms with E-state index < -0.39 is 0 Å². The van der Waals surface area contributed by atoms with Gasteiger partial charge in [0.2, 0.25) is 0 Å². The molecule has 0 bridgehead atoms. The summed E-state index contributed by atoms with van der Waals surface area (Å²) in [5.41, 5.74) is 1.22. The third-order valence-electron chi connectivity index (χ3n) is 2.58. The van der Waals surface area contributed by atoms with Crippen LogP contribution in [0.15, 0.2) is 40.2 Å². The van der Waals surface area contributed by atoms with E-state index in [0.29, 0.717) is 6.04 Å².